The van der Waals surface area contributed by atoms with Crippen LogP contribution in [0.4, 0.5) is 0 Å². The highest BCUT2D eigenvalue weighted by molar-refractivity contribution is 5.77. The fraction of sp³-hybridized carbons (Fsp3) is 0.625. The smallest absolute Gasteiger partial charge is 0.116 e. The molecular formula is C16H23N3. The molecule has 1 aromatic heterocycles. The molecule has 3 heteroatoms. The van der Waals surface area contributed by atoms with Gasteiger partial charge in [-0.2, -0.15) is 15.4 Å². The maximum absolute atomic E-state index is 4.38. The van der Waals surface area contributed by atoms with Crippen molar-refractivity contribution in [2.24, 2.45) is 17.8 Å². The van der Waals surface area contributed by atoms with Crippen LogP contribution in [0.5, 0.6) is 0 Å². The largest absolute Gasteiger partial charge is 0.197 e. The highest BCUT2D eigenvalue weighted by Gasteiger charge is 2.33. The molecule has 3 unspecified atom stereocenters. The third kappa shape index (κ3) is 2.26. The van der Waals surface area contributed by atoms with Gasteiger partial charge in [-0.3, -0.25) is 0 Å². The van der Waals surface area contributed by atoms with E-state index in [0.29, 0.717) is 5.92 Å². The first kappa shape index (κ1) is 12.6. The van der Waals surface area contributed by atoms with Crippen molar-refractivity contribution in [3.05, 3.63) is 23.8 Å². The molecule has 1 N–H and O–H groups in total. The van der Waals surface area contributed by atoms with E-state index in [-0.39, 0.29) is 0 Å². The van der Waals surface area contributed by atoms with Crippen molar-refractivity contribution in [1.82, 2.24) is 15.4 Å². The van der Waals surface area contributed by atoms with Gasteiger partial charge in [0, 0.05) is 0 Å². The third-order valence-electron chi connectivity index (χ3n) is 4.80. The Hall–Kier alpha value is -1.38. The monoisotopic (exact) mass is 257 g/mol. The number of hydrogen-bond acceptors (Lipinski definition) is 2. The minimum atomic E-state index is 0.637. The van der Waals surface area contributed by atoms with Gasteiger partial charge in [0.1, 0.15) is 11.0 Å². The summed E-state index contributed by atoms with van der Waals surface area (Å²) in [7, 11) is 0. The Balaban J connectivity index is 2.04. The second-order valence-corrected chi connectivity index (χ2v) is 6.47. The number of aromatic nitrogens is 3. The molecule has 102 valence electrons. The lowest BCUT2D eigenvalue weighted by Crippen LogP contribution is -2.26. The summed E-state index contributed by atoms with van der Waals surface area (Å²) >= 11 is 0. The van der Waals surface area contributed by atoms with Crippen molar-refractivity contribution >= 4 is 11.0 Å². The van der Waals surface area contributed by atoms with Crippen molar-refractivity contribution in [3.63, 3.8) is 0 Å². The molecule has 3 atom stereocenters. The first-order chi connectivity index (χ1) is 9.16. The van der Waals surface area contributed by atoms with E-state index >= 15 is 0 Å². The zero-order valence-electron chi connectivity index (χ0n) is 12.1. The van der Waals surface area contributed by atoms with E-state index in [1.54, 1.807) is 0 Å². The molecule has 1 heterocycles. The van der Waals surface area contributed by atoms with Crippen LogP contribution in [0.15, 0.2) is 18.2 Å². The summed E-state index contributed by atoms with van der Waals surface area (Å²) in [6.45, 7) is 7.10. The van der Waals surface area contributed by atoms with Crippen molar-refractivity contribution in [2.45, 2.75) is 46.0 Å². The van der Waals surface area contributed by atoms with Crippen molar-refractivity contribution in [1.29, 1.82) is 0 Å². The Morgan fingerprint density at radius 1 is 1.21 bits per heavy atom. The molecule has 0 aliphatic heterocycles. The standard InChI is InChI=1S/C16H23N3/c1-10(2)12-8-7-11(3)9-14(12)13-5-4-6-15-16(13)18-19-17-15/h4-6,10-12,14H,7-9H2,1-3H3,(H,17,18,19). The molecule has 2 aromatic rings. The van der Waals surface area contributed by atoms with Crippen LogP contribution in [-0.2, 0) is 0 Å². The summed E-state index contributed by atoms with van der Waals surface area (Å²) in [5.41, 5.74) is 3.47. The van der Waals surface area contributed by atoms with E-state index in [0.717, 1.165) is 28.8 Å². The summed E-state index contributed by atoms with van der Waals surface area (Å²) in [6.07, 6.45) is 4.00. The molecule has 0 amide bonds. The van der Waals surface area contributed by atoms with Gasteiger partial charge in [-0.05, 0) is 48.1 Å². The summed E-state index contributed by atoms with van der Waals surface area (Å²) in [5, 5.41) is 11.4. The van der Waals surface area contributed by atoms with Crippen molar-refractivity contribution in [3.8, 4) is 0 Å². The van der Waals surface area contributed by atoms with Crippen LogP contribution in [0.3, 0.4) is 0 Å². The number of H-pyrrole nitrogens is 1. The zero-order valence-corrected chi connectivity index (χ0v) is 12.1. The Kier molecular flexibility index (Phi) is 3.29. The number of hydrogen-bond donors (Lipinski definition) is 1. The van der Waals surface area contributed by atoms with Gasteiger partial charge in [-0.25, -0.2) is 0 Å². The molecule has 0 bridgehead atoms. The number of benzene rings is 1. The molecule has 0 spiro atoms. The molecule has 1 saturated carbocycles. The van der Waals surface area contributed by atoms with Crippen LogP contribution in [0.1, 0.15) is 51.5 Å². The fourth-order valence-electron chi connectivity index (χ4n) is 3.75. The number of fused-ring (bicyclic) bond motifs is 1. The Morgan fingerprint density at radius 3 is 2.84 bits per heavy atom. The SMILES string of the molecule is CC1CCC(C(C)C)C(c2cccc3n[nH]nc23)C1. The van der Waals surface area contributed by atoms with Crippen LogP contribution in [0, 0.1) is 17.8 Å². The summed E-state index contributed by atoms with van der Waals surface area (Å²) in [6, 6.07) is 6.42. The summed E-state index contributed by atoms with van der Waals surface area (Å²) < 4.78 is 0. The number of nitrogens with zero attached hydrogens (tertiary/aromatic N) is 2. The van der Waals surface area contributed by atoms with Crippen molar-refractivity contribution in [2.75, 3.05) is 0 Å². The maximum atomic E-state index is 4.38. The average molecular weight is 257 g/mol. The number of rotatable bonds is 2. The van der Waals surface area contributed by atoms with Crippen LogP contribution >= 0.6 is 0 Å². The lowest BCUT2D eigenvalue weighted by atomic mass is 9.67. The minimum Gasteiger partial charge on any atom is -0.197 e. The summed E-state index contributed by atoms with van der Waals surface area (Å²) in [4.78, 5) is 0. The zero-order chi connectivity index (χ0) is 13.4. The Bertz CT molecular complexity index is 558. The third-order valence-corrected chi connectivity index (χ3v) is 4.80. The first-order valence-corrected chi connectivity index (χ1v) is 7.46. The van der Waals surface area contributed by atoms with E-state index in [9.17, 15) is 0 Å². The molecule has 3 nitrogen and oxygen atoms in total. The van der Waals surface area contributed by atoms with E-state index < -0.39 is 0 Å². The maximum Gasteiger partial charge on any atom is 0.116 e. The average Bonchev–Trinajstić information content (AvgIpc) is 2.86. The highest BCUT2D eigenvalue weighted by atomic mass is 15.3. The second-order valence-electron chi connectivity index (χ2n) is 6.47. The number of para-hydroxylation sites is 1. The molecule has 19 heavy (non-hydrogen) atoms. The molecule has 0 radical (unpaired) electrons. The predicted molar refractivity (Wildman–Crippen MR) is 78.0 cm³/mol. The number of aromatic amines is 1. The van der Waals surface area contributed by atoms with E-state index in [1.807, 2.05) is 6.07 Å². The molecule has 1 aromatic carbocycles. The fourth-order valence-corrected chi connectivity index (χ4v) is 3.75. The minimum absolute atomic E-state index is 0.637. The summed E-state index contributed by atoms with van der Waals surface area (Å²) in [5.74, 6) is 2.97. The van der Waals surface area contributed by atoms with E-state index in [4.69, 9.17) is 0 Å². The molecule has 1 aliphatic rings. The Morgan fingerprint density at radius 2 is 2.05 bits per heavy atom. The quantitative estimate of drug-likeness (QED) is 0.878. The van der Waals surface area contributed by atoms with Gasteiger partial charge in [-0.15, -0.1) is 0 Å². The van der Waals surface area contributed by atoms with E-state index in [1.165, 1.54) is 24.8 Å². The van der Waals surface area contributed by atoms with Gasteiger partial charge in [0.2, 0.25) is 0 Å². The lowest BCUT2D eigenvalue weighted by molar-refractivity contribution is 0.198. The normalized spacial score (nSPS) is 28.1. The van der Waals surface area contributed by atoms with E-state index in [2.05, 4.69) is 48.3 Å². The van der Waals surface area contributed by atoms with Crippen LogP contribution in [0.25, 0.3) is 11.0 Å². The molecule has 3 rings (SSSR count). The topological polar surface area (TPSA) is 41.6 Å². The van der Waals surface area contributed by atoms with Crippen LogP contribution in [-0.4, -0.2) is 15.4 Å². The Labute approximate surface area is 114 Å². The van der Waals surface area contributed by atoms with Gasteiger partial charge in [0.15, 0.2) is 0 Å². The second kappa shape index (κ2) is 4.95. The molecular weight excluding hydrogens is 234 g/mol. The molecule has 1 fully saturated rings. The number of nitrogens with one attached hydrogen (secondary N) is 1. The lowest BCUT2D eigenvalue weighted by Gasteiger charge is -2.37. The molecule has 1 aliphatic carbocycles. The van der Waals surface area contributed by atoms with Crippen molar-refractivity contribution < 1.29 is 0 Å². The first-order valence-electron chi connectivity index (χ1n) is 7.46. The van der Waals surface area contributed by atoms with Gasteiger partial charge >= 0.3 is 0 Å². The van der Waals surface area contributed by atoms with Gasteiger partial charge in [0.25, 0.3) is 0 Å². The van der Waals surface area contributed by atoms with Crippen LogP contribution < -0.4 is 0 Å². The van der Waals surface area contributed by atoms with Gasteiger partial charge < -0.3 is 0 Å². The van der Waals surface area contributed by atoms with Crippen LogP contribution in [0.2, 0.25) is 0 Å². The predicted octanol–water partition coefficient (Wildman–Crippen LogP) is 4.13. The molecule has 0 saturated heterocycles. The van der Waals surface area contributed by atoms with Gasteiger partial charge in [-0.1, -0.05) is 39.3 Å². The van der Waals surface area contributed by atoms with Gasteiger partial charge in [0.05, 0.1) is 0 Å². The highest BCUT2D eigenvalue weighted by Crippen LogP contribution is 2.45.